The third-order valence-electron chi connectivity index (χ3n) is 3.94. The third-order valence-corrected chi connectivity index (χ3v) is 3.94. The fraction of sp³-hybridized carbons (Fsp3) is 0.188. The number of benzene rings is 1. The minimum atomic E-state index is -0.0384. The van der Waals surface area contributed by atoms with Crippen LogP contribution in [0, 0.1) is 0 Å². The molecule has 3 heterocycles. The number of nitrogens with zero attached hydrogens (tertiary/aromatic N) is 4. The van der Waals surface area contributed by atoms with Crippen LogP contribution in [0.2, 0.25) is 0 Å². The minimum Gasteiger partial charge on any atom is -0.304 e. The Morgan fingerprint density at radius 1 is 1.19 bits per heavy atom. The molecule has 4 rings (SSSR count). The summed E-state index contributed by atoms with van der Waals surface area (Å²) in [6.45, 7) is 2.07. The SMILES string of the molecule is CC1Cc2ccccc2N1C(=O)c1ccnc2ccnn12. The first kappa shape index (κ1) is 12.1. The molecule has 1 aliphatic rings. The van der Waals surface area contributed by atoms with Gasteiger partial charge in [0, 0.05) is 24.0 Å². The van der Waals surface area contributed by atoms with E-state index in [4.69, 9.17) is 0 Å². The van der Waals surface area contributed by atoms with Crippen molar-refractivity contribution in [3.63, 3.8) is 0 Å². The van der Waals surface area contributed by atoms with Crippen LogP contribution in [-0.2, 0) is 6.42 Å². The Labute approximate surface area is 121 Å². The van der Waals surface area contributed by atoms with Crippen molar-refractivity contribution >= 4 is 17.2 Å². The van der Waals surface area contributed by atoms with Crippen molar-refractivity contribution in [2.24, 2.45) is 0 Å². The van der Waals surface area contributed by atoms with Gasteiger partial charge in [-0.2, -0.15) is 5.10 Å². The number of rotatable bonds is 1. The summed E-state index contributed by atoms with van der Waals surface area (Å²) in [5.74, 6) is -0.0384. The van der Waals surface area contributed by atoms with Gasteiger partial charge in [-0.25, -0.2) is 9.50 Å². The number of amides is 1. The molecule has 0 fully saturated rings. The van der Waals surface area contributed by atoms with Gasteiger partial charge in [-0.05, 0) is 31.0 Å². The van der Waals surface area contributed by atoms with Crippen molar-refractivity contribution in [1.82, 2.24) is 14.6 Å². The van der Waals surface area contributed by atoms with Gasteiger partial charge in [0.1, 0.15) is 5.69 Å². The molecule has 0 radical (unpaired) electrons. The fourth-order valence-corrected chi connectivity index (χ4v) is 2.99. The summed E-state index contributed by atoms with van der Waals surface area (Å²) >= 11 is 0. The van der Waals surface area contributed by atoms with E-state index in [9.17, 15) is 4.79 Å². The van der Waals surface area contributed by atoms with E-state index >= 15 is 0 Å². The lowest BCUT2D eigenvalue weighted by Crippen LogP contribution is -2.36. The van der Waals surface area contributed by atoms with Crippen LogP contribution in [-0.4, -0.2) is 26.5 Å². The van der Waals surface area contributed by atoms with Crippen LogP contribution in [0.1, 0.15) is 23.0 Å². The number of hydrogen-bond acceptors (Lipinski definition) is 3. The maximum absolute atomic E-state index is 13.0. The van der Waals surface area contributed by atoms with Gasteiger partial charge in [0.25, 0.3) is 5.91 Å². The largest absolute Gasteiger partial charge is 0.304 e. The van der Waals surface area contributed by atoms with E-state index in [1.165, 1.54) is 5.56 Å². The van der Waals surface area contributed by atoms with E-state index in [2.05, 4.69) is 23.1 Å². The van der Waals surface area contributed by atoms with Crippen molar-refractivity contribution in [3.8, 4) is 0 Å². The predicted octanol–water partition coefficient (Wildman–Crippen LogP) is 2.32. The van der Waals surface area contributed by atoms with Gasteiger partial charge in [0.2, 0.25) is 0 Å². The predicted molar refractivity (Wildman–Crippen MR) is 79.4 cm³/mol. The highest BCUT2D eigenvalue weighted by molar-refractivity contribution is 6.06. The maximum Gasteiger partial charge on any atom is 0.277 e. The van der Waals surface area contributed by atoms with E-state index in [-0.39, 0.29) is 11.9 Å². The Hall–Kier alpha value is -2.69. The van der Waals surface area contributed by atoms with Gasteiger partial charge in [0.15, 0.2) is 5.65 Å². The van der Waals surface area contributed by atoms with Crippen LogP contribution >= 0.6 is 0 Å². The summed E-state index contributed by atoms with van der Waals surface area (Å²) in [7, 11) is 0. The highest BCUT2D eigenvalue weighted by atomic mass is 16.2. The molecule has 0 bridgehead atoms. The van der Waals surface area contributed by atoms with Crippen molar-refractivity contribution in [2.45, 2.75) is 19.4 Å². The fourth-order valence-electron chi connectivity index (χ4n) is 2.99. The van der Waals surface area contributed by atoms with Crippen molar-refractivity contribution < 1.29 is 4.79 Å². The Bertz CT molecular complexity index is 839. The Morgan fingerprint density at radius 2 is 2.05 bits per heavy atom. The lowest BCUT2D eigenvalue weighted by molar-refractivity contribution is 0.0974. The van der Waals surface area contributed by atoms with Crippen LogP contribution in [0.25, 0.3) is 5.65 Å². The molecule has 5 nitrogen and oxygen atoms in total. The topological polar surface area (TPSA) is 50.5 Å². The van der Waals surface area contributed by atoms with E-state index in [1.54, 1.807) is 29.0 Å². The highest BCUT2D eigenvalue weighted by Crippen LogP contribution is 2.32. The van der Waals surface area contributed by atoms with Crippen molar-refractivity contribution in [1.29, 1.82) is 0 Å². The molecule has 3 aromatic rings. The number of fused-ring (bicyclic) bond motifs is 2. The molecular formula is C16H14N4O. The molecule has 0 saturated carbocycles. The van der Waals surface area contributed by atoms with E-state index in [1.807, 2.05) is 23.1 Å². The first-order valence-corrected chi connectivity index (χ1v) is 6.96. The Morgan fingerprint density at radius 3 is 2.95 bits per heavy atom. The van der Waals surface area contributed by atoms with Crippen LogP contribution < -0.4 is 4.90 Å². The van der Waals surface area contributed by atoms with Gasteiger partial charge in [-0.15, -0.1) is 0 Å². The first-order valence-electron chi connectivity index (χ1n) is 6.96. The van der Waals surface area contributed by atoms with Gasteiger partial charge >= 0.3 is 0 Å². The molecule has 0 aliphatic carbocycles. The van der Waals surface area contributed by atoms with E-state index in [0.29, 0.717) is 11.3 Å². The molecule has 0 N–H and O–H groups in total. The van der Waals surface area contributed by atoms with Gasteiger partial charge in [-0.1, -0.05) is 18.2 Å². The lowest BCUT2D eigenvalue weighted by atomic mass is 10.1. The normalized spacial score (nSPS) is 17.2. The quantitative estimate of drug-likeness (QED) is 0.686. The number of carbonyl (C=O) groups is 1. The minimum absolute atomic E-state index is 0.0384. The Kier molecular flexibility index (Phi) is 2.54. The second kappa shape index (κ2) is 4.41. The summed E-state index contributed by atoms with van der Waals surface area (Å²) < 4.78 is 1.59. The summed E-state index contributed by atoms with van der Waals surface area (Å²) in [6, 6.07) is 11.7. The lowest BCUT2D eigenvalue weighted by Gasteiger charge is -2.22. The van der Waals surface area contributed by atoms with E-state index < -0.39 is 0 Å². The average molecular weight is 278 g/mol. The van der Waals surface area contributed by atoms with Crippen LogP contribution in [0.5, 0.6) is 0 Å². The zero-order valence-corrected chi connectivity index (χ0v) is 11.6. The molecule has 1 amide bonds. The number of anilines is 1. The molecule has 5 heteroatoms. The van der Waals surface area contributed by atoms with Gasteiger partial charge < -0.3 is 4.90 Å². The molecular weight excluding hydrogens is 264 g/mol. The maximum atomic E-state index is 13.0. The standard InChI is InChI=1S/C16H14N4O/c1-11-10-12-4-2-3-5-13(12)19(11)16(21)14-6-8-17-15-7-9-18-20(14)15/h2-9,11H,10H2,1H3. The monoisotopic (exact) mass is 278 g/mol. The highest BCUT2D eigenvalue weighted by Gasteiger charge is 2.32. The first-order chi connectivity index (χ1) is 10.3. The zero-order valence-electron chi connectivity index (χ0n) is 11.6. The summed E-state index contributed by atoms with van der Waals surface area (Å²) in [5.41, 5.74) is 3.42. The smallest absolute Gasteiger partial charge is 0.277 e. The molecule has 1 aromatic carbocycles. The Balaban J connectivity index is 1.84. The van der Waals surface area contributed by atoms with Crippen molar-refractivity contribution in [2.75, 3.05) is 4.90 Å². The molecule has 1 atom stereocenters. The van der Waals surface area contributed by atoms with Gasteiger partial charge in [0.05, 0.1) is 6.20 Å². The zero-order chi connectivity index (χ0) is 14.4. The molecule has 1 aliphatic heterocycles. The number of hydrogen-bond donors (Lipinski definition) is 0. The van der Waals surface area contributed by atoms with Gasteiger partial charge in [-0.3, -0.25) is 4.79 Å². The molecule has 104 valence electrons. The van der Waals surface area contributed by atoms with Crippen LogP contribution in [0.4, 0.5) is 5.69 Å². The summed E-state index contributed by atoms with van der Waals surface area (Å²) in [4.78, 5) is 19.0. The summed E-state index contributed by atoms with van der Waals surface area (Å²) in [5, 5.41) is 4.20. The van der Waals surface area contributed by atoms with E-state index in [0.717, 1.165) is 12.1 Å². The number of aromatic nitrogens is 3. The second-order valence-corrected chi connectivity index (χ2v) is 5.29. The average Bonchev–Trinajstić information content (AvgIpc) is 3.09. The van der Waals surface area contributed by atoms with Crippen LogP contribution in [0.15, 0.2) is 48.8 Å². The van der Waals surface area contributed by atoms with Crippen molar-refractivity contribution in [3.05, 3.63) is 60.0 Å². The summed E-state index contributed by atoms with van der Waals surface area (Å²) in [6.07, 6.45) is 4.19. The number of para-hydroxylation sites is 1. The molecule has 0 spiro atoms. The number of carbonyl (C=O) groups excluding carboxylic acids is 1. The molecule has 1 unspecified atom stereocenters. The molecule has 2 aromatic heterocycles. The van der Waals surface area contributed by atoms with Crippen LogP contribution in [0.3, 0.4) is 0 Å². The second-order valence-electron chi connectivity index (χ2n) is 5.29. The third kappa shape index (κ3) is 1.74. The molecule has 21 heavy (non-hydrogen) atoms. The molecule has 0 saturated heterocycles.